The van der Waals surface area contributed by atoms with E-state index in [1.165, 1.54) is 12.7 Å². The van der Waals surface area contributed by atoms with Crippen LogP contribution in [0, 0.1) is 5.92 Å². The highest BCUT2D eigenvalue weighted by Gasteiger charge is 2.28. The SMILES string of the molecule is COC(=O)NCCC(=O)NC1CCCC1Cc1ccccc1. The van der Waals surface area contributed by atoms with Crippen LogP contribution in [-0.4, -0.2) is 31.7 Å². The number of hydrogen-bond donors (Lipinski definition) is 2. The van der Waals surface area contributed by atoms with Crippen LogP contribution in [0.1, 0.15) is 31.2 Å². The van der Waals surface area contributed by atoms with Gasteiger partial charge in [-0.3, -0.25) is 4.79 Å². The van der Waals surface area contributed by atoms with Gasteiger partial charge in [-0.05, 0) is 30.7 Å². The fourth-order valence-electron chi connectivity index (χ4n) is 3.02. The van der Waals surface area contributed by atoms with Crippen molar-refractivity contribution in [3.05, 3.63) is 35.9 Å². The van der Waals surface area contributed by atoms with Gasteiger partial charge in [-0.25, -0.2) is 4.79 Å². The maximum absolute atomic E-state index is 12.0. The van der Waals surface area contributed by atoms with E-state index in [4.69, 9.17) is 0 Å². The van der Waals surface area contributed by atoms with Gasteiger partial charge in [0.2, 0.25) is 5.91 Å². The number of alkyl carbamates (subject to hydrolysis) is 1. The first kappa shape index (κ1) is 16.3. The number of amides is 2. The summed E-state index contributed by atoms with van der Waals surface area (Å²) in [6.07, 6.45) is 4.13. The van der Waals surface area contributed by atoms with Crippen molar-refractivity contribution in [1.29, 1.82) is 0 Å². The van der Waals surface area contributed by atoms with Gasteiger partial charge in [0, 0.05) is 19.0 Å². The molecule has 2 amide bonds. The fraction of sp³-hybridized carbons (Fsp3) is 0.529. The molecule has 1 aromatic carbocycles. The smallest absolute Gasteiger partial charge is 0.406 e. The Morgan fingerprint density at radius 3 is 2.73 bits per heavy atom. The van der Waals surface area contributed by atoms with Crippen molar-refractivity contribution in [2.75, 3.05) is 13.7 Å². The Hall–Kier alpha value is -2.04. The Balaban J connectivity index is 1.76. The lowest BCUT2D eigenvalue weighted by molar-refractivity contribution is -0.121. The van der Waals surface area contributed by atoms with E-state index < -0.39 is 6.09 Å². The highest BCUT2D eigenvalue weighted by molar-refractivity contribution is 5.77. The quantitative estimate of drug-likeness (QED) is 0.847. The molecule has 2 N–H and O–H groups in total. The summed E-state index contributed by atoms with van der Waals surface area (Å²) in [4.78, 5) is 22.9. The number of ether oxygens (including phenoxy) is 1. The van der Waals surface area contributed by atoms with Crippen molar-refractivity contribution in [1.82, 2.24) is 10.6 Å². The number of carbonyl (C=O) groups excluding carboxylic acids is 2. The lowest BCUT2D eigenvalue weighted by atomic mass is 9.94. The van der Waals surface area contributed by atoms with E-state index in [0.29, 0.717) is 12.5 Å². The second kappa shape index (κ2) is 8.41. The van der Waals surface area contributed by atoms with Gasteiger partial charge in [0.15, 0.2) is 0 Å². The van der Waals surface area contributed by atoms with Crippen molar-refractivity contribution in [3.8, 4) is 0 Å². The molecule has 120 valence electrons. The molecular formula is C17H24N2O3. The largest absolute Gasteiger partial charge is 0.453 e. The minimum absolute atomic E-state index is 0.0126. The first-order valence-corrected chi connectivity index (χ1v) is 7.84. The maximum Gasteiger partial charge on any atom is 0.406 e. The summed E-state index contributed by atoms with van der Waals surface area (Å²) in [5.74, 6) is 0.487. The molecule has 0 aromatic heterocycles. The van der Waals surface area contributed by atoms with Gasteiger partial charge in [-0.1, -0.05) is 36.8 Å². The van der Waals surface area contributed by atoms with Crippen molar-refractivity contribution in [3.63, 3.8) is 0 Å². The van der Waals surface area contributed by atoms with Crippen molar-refractivity contribution in [2.24, 2.45) is 5.92 Å². The normalized spacial score (nSPS) is 20.4. The lowest BCUT2D eigenvalue weighted by Gasteiger charge is -2.21. The highest BCUT2D eigenvalue weighted by Crippen LogP contribution is 2.28. The minimum Gasteiger partial charge on any atom is -0.453 e. The zero-order valence-corrected chi connectivity index (χ0v) is 13.0. The van der Waals surface area contributed by atoms with E-state index in [1.54, 1.807) is 0 Å². The topological polar surface area (TPSA) is 67.4 Å². The average molecular weight is 304 g/mol. The summed E-state index contributed by atoms with van der Waals surface area (Å²) in [5.41, 5.74) is 1.32. The Morgan fingerprint density at radius 2 is 2.00 bits per heavy atom. The van der Waals surface area contributed by atoms with Crippen LogP contribution < -0.4 is 10.6 Å². The zero-order chi connectivity index (χ0) is 15.8. The third-order valence-corrected chi connectivity index (χ3v) is 4.15. The Bertz CT molecular complexity index is 490. The molecule has 1 aliphatic rings. The van der Waals surface area contributed by atoms with Gasteiger partial charge < -0.3 is 15.4 Å². The third kappa shape index (κ3) is 5.06. The number of hydrogen-bond acceptors (Lipinski definition) is 3. The van der Waals surface area contributed by atoms with Gasteiger partial charge in [0.1, 0.15) is 0 Å². The monoisotopic (exact) mass is 304 g/mol. The van der Waals surface area contributed by atoms with Crippen LogP contribution in [0.25, 0.3) is 0 Å². The summed E-state index contributed by atoms with van der Waals surface area (Å²) >= 11 is 0. The first-order chi connectivity index (χ1) is 10.7. The summed E-state index contributed by atoms with van der Waals surface area (Å²) in [6, 6.07) is 10.6. The van der Waals surface area contributed by atoms with E-state index in [1.807, 2.05) is 6.07 Å². The van der Waals surface area contributed by atoms with Gasteiger partial charge in [0.25, 0.3) is 0 Å². The predicted octanol–water partition coefficient (Wildman–Crippen LogP) is 2.26. The average Bonchev–Trinajstić information content (AvgIpc) is 2.95. The van der Waals surface area contributed by atoms with E-state index in [0.717, 1.165) is 25.7 Å². The molecule has 5 heteroatoms. The lowest BCUT2D eigenvalue weighted by Crippen LogP contribution is -2.39. The Morgan fingerprint density at radius 1 is 1.23 bits per heavy atom. The number of benzene rings is 1. The molecule has 0 radical (unpaired) electrons. The van der Waals surface area contributed by atoms with Crippen molar-refractivity contribution >= 4 is 12.0 Å². The van der Waals surface area contributed by atoms with E-state index >= 15 is 0 Å². The summed E-state index contributed by atoms with van der Waals surface area (Å²) in [5, 5.41) is 5.63. The van der Waals surface area contributed by atoms with Crippen molar-refractivity contribution in [2.45, 2.75) is 38.1 Å². The molecule has 0 heterocycles. The van der Waals surface area contributed by atoms with Gasteiger partial charge in [-0.2, -0.15) is 0 Å². The standard InChI is InChI=1S/C17H24N2O3/c1-22-17(21)18-11-10-16(20)19-15-9-5-8-14(15)12-13-6-3-2-4-7-13/h2-4,6-7,14-15H,5,8-12H2,1H3,(H,18,21)(H,19,20). The van der Waals surface area contributed by atoms with Gasteiger partial charge in [-0.15, -0.1) is 0 Å². The molecule has 0 aliphatic heterocycles. The van der Waals surface area contributed by atoms with Crippen LogP contribution in [0.4, 0.5) is 4.79 Å². The molecule has 1 aromatic rings. The molecule has 1 saturated carbocycles. The van der Waals surface area contributed by atoms with Crippen LogP contribution in [0.3, 0.4) is 0 Å². The van der Waals surface area contributed by atoms with Crippen LogP contribution in [0.15, 0.2) is 30.3 Å². The highest BCUT2D eigenvalue weighted by atomic mass is 16.5. The Labute approximate surface area is 131 Å². The predicted molar refractivity (Wildman–Crippen MR) is 84.4 cm³/mol. The molecular weight excluding hydrogens is 280 g/mol. The summed E-state index contributed by atoms with van der Waals surface area (Å²) in [6.45, 7) is 0.300. The fourth-order valence-corrected chi connectivity index (χ4v) is 3.02. The van der Waals surface area contributed by atoms with Crippen LogP contribution in [-0.2, 0) is 16.0 Å². The summed E-state index contributed by atoms with van der Waals surface area (Å²) < 4.78 is 4.47. The Kier molecular flexibility index (Phi) is 6.25. The maximum atomic E-state index is 12.0. The number of nitrogens with one attached hydrogen (secondary N) is 2. The molecule has 0 saturated heterocycles. The number of carbonyl (C=O) groups is 2. The molecule has 5 nitrogen and oxygen atoms in total. The molecule has 22 heavy (non-hydrogen) atoms. The first-order valence-electron chi connectivity index (χ1n) is 7.84. The third-order valence-electron chi connectivity index (χ3n) is 4.15. The van der Waals surface area contributed by atoms with Crippen LogP contribution in [0.2, 0.25) is 0 Å². The molecule has 2 rings (SSSR count). The molecule has 1 aliphatic carbocycles. The van der Waals surface area contributed by atoms with Gasteiger partial charge in [0.05, 0.1) is 7.11 Å². The second-order valence-corrected chi connectivity index (χ2v) is 5.72. The zero-order valence-electron chi connectivity index (χ0n) is 13.0. The molecule has 2 unspecified atom stereocenters. The molecule has 0 bridgehead atoms. The van der Waals surface area contributed by atoms with Crippen LogP contribution >= 0.6 is 0 Å². The molecule has 2 atom stereocenters. The van der Waals surface area contributed by atoms with E-state index in [9.17, 15) is 9.59 Å². The minimum atomic E-state index is -0.504. The van der Waals surface area contributed by atoms with Gasteiger partial charge >= 0.3 is 6.09 Å². The molecule has 1 fully saturated rings. The molecule has 0 spiro atoms. The number of rotatable bonds is 6. The number of methoxy groups -OCH3 is 1. The van der Waals surface area contributed by atoms with E-state index in [-0.39, 0.29) is 18.4 Å². The van der Waals surface area contributed by atoms with E-state index in [2.05, 4.69) is 39.6 Å². The second-order valence-electron chi connectivity index (χ2n) is 5.72. The van der Waals surface area contributed by atoms with Crippen LogP contribution in [0.5, 0.6) is 0 Å². The van der Waals surface area contributed by atoms with Crippen molar-refractivity contribution < 1.29 is 14.3 Å². The summed E-state index contributed by atoms with van der Waals surface area (Å²) in [7, 11) is 1.31.